The summed E-state index contributed by atoms with van der Waals surface area (Å²) in [6.45, 7) is 5.03. The van der Waals surface area contributed by atoms with Crippen LogP contribution in [0.4, 0.5) is 5.13 Å². The van der Waals surface area contributed by atoms with E-state index in [1.165, 1.54) is 9.58 Å². The van der Waals surface area contributed by atoms with Gasteiger partial charge >= 0.3 is 0 Å². The zero-order valence-electron chi connectivity index (χ0n) is 11.8. The third-order valence-electron chi connectivity index (χ3n) is 3.25. The van der Waals surface area contributed by atoms with E-state index in [-0.39, 0.29) is 0 Å². The lowest BCUT2D eigenvalue weighted by atomic mass is 10.2. The van der Waals surface area contributed by atoms with E-state index in [1.807, 2.05) is 24.2 Å². The quantitative estimate of drug-likeness (QED) is 0.736. The minimum absolute atomic E-state index is 0.934. The van der Waals surface area contributed by atoms with Crippen LogP contribution in [-0.4, -0.2) is 26.3 Å². The molecule has 0 unspecified atom stereocenters. The van der Waals surface area contributed by atoms with E-state index in [2.05, 4.69) is 27.3 Å². The van der Waals surface area contributed by atoms with Gasteiger partial charge in [-0.05, 0) is 26.7 Å². The van der Waals surface area contributed by atoms with Crippen molar-refractivity contribution in [1.29, 1.82) is 0 Å². The molecule has 20 heavy (non-hydrogen) atoms. The van der Waals surface area contributed by atoms with Crippen LogP contribution in [0.5, 0.6) is 0 Å². The van der Waals surface area contributed by atoms with Crippen molar-refractivity contribution in [3.63, 3.8) is 0 Å². The Morgan fingerprint density at radius 1 is 1.30 bits per heavy atom. The van der Waals surface area contributed by atoms with Crippen molar-refractivity contribution >= 4 is 38.2 Å². The summed E-state index contributed by atoms with van der Waals surface area (Å²) in [5.41, 5.74) is 5.10. The molecule has 5 nitrogen and oxygen atoms in total. The largest absolute Gasteiger partial charge is 0.361 e. The molecule has 0 aliphatic heterocycles. The van der Waals surface area contributed by atoms with Gasteiger partial charge in [-0.2, -0.15) is 5.10 Å². The van der Waals surface area contributed by atoms with Gasteiger partial charge in [-0.25, -0.2) is 14.6 Å². The van der Waals surface area contributed by atoms with Crippen molar-refractivity contribution in [2.24, 2.45) is 7.05 Å². The molecule has 3 aromatic rings. The van der Waals surface area contributed by atoms with Crippen LogP contribution in [0.15, 0.2) is 5.51 Å². The number of fused-ring (bicyclic) bond motifs is 1. The van der Waals surface area contributed by atoms with Crippen LogP contribution in [0.2, 0.25) is 0 Å². The maximum absolute atomic E-state index is 4.58. The van der Waals surface area contributed by atoms with Crippen LogP contribution in [0.3, 0.4) is 0 Å². The lowest BCUT2D eigenvalue weighted by Gasteiger charge is -2.01. The molecule has 0 amide bonds. The second kappa shape index (κ2) is 5.49. The van der Waals surface area contributed by atoms with Gasteiger partial charge in [0.05, 0.1) is 21.6 Å². The number of hydrogen-bond acceptors (Lipinski definition) is 6. The van der Waals surface area contributed by atoms with E-state index in [0.717, 1.165) is 41.6 Å². The minimum atomic E-state index is 0.934. The van der Waals surface area contributed by atoms with Gasteiger partial charge in [0.2, 0.25) is 0 Å². The fourth-order valence-corrected chi connectivity index (χ4v) is 3.95. The lowest BCUT2D eigenvalue weighted by molar-refractivity contribution is 0.774. The summed E-state index contributed by atoms with van der Waals surface area (Å²) in [7, 11) is 1.94. The highest BCUT2D eigenvalue weighted by Crippen LogP contribution is 2.28. The number of anilines is 1. The number of nitrogens with one attached hydrogen (secondary N) is 1. The van der Waals surface area contributed by atoms with Crippen molar-refractivity contribution in [1.82, 2.24) is 19.7 Å². The van der Waals surface area contributed by atoms with Gasteiger partial charge in [-0.3, -0.25) is 0 Å². The summed E-state index contributed by atoms with van der Waals surface area (Å²) in [4.78, 5) is 10.2. The molecule has 0 radical (unpaired) electrons. The molecule has 1 N–H and O–H groups in total. The molecule has 0 aliphatic rings. The molecule has 3 heterocycles. The fourth-order valence-electron chi connectivity index (χ4n) is 2.17. The zero-order valence-corrected chi connectivity index (χ0v) is 13.4. The van der Waals surface area contributed by atoms with Gasteiger partial charge in [0.15, 0.2) is 10.8 Å². The Morgan fingerprint density at radius 3 is 2.85 bits per heavy atom. The molecule has 0 saturated heterocycles. The Labute approximate surface area is 125 Å². The zero-order chi connectivity index (χ0) is 14.1. The molecule has 0 spiro atoms. The lowest BCUT2D eigenvalue weighted by Crippen LogP contribution is -2.03. The molecule has 0 atom stereocenters. The Balaban J connectivity index is 1.57. The molecule has 3 aromatic heterocycles. The van der Waals surface area contributed by atoms with Gasteiger partial charge in [-0.1, -0.05) is 11.3 Å². The summed E-state index contributed by atoms with van der Waals surface area (Å²) < 4.78 is 3.01. The number of hydrogen-bond donors (Lipinski definition) is 1. The van der Waals surface area contributed by atoms with E-state index in [0.29, 0.717) is 0 Å². The molecular weight excluding hydrogens is 290 g/mol. The summed E-state index contributed by atoms with van der Waals surface area (Å²) >= 11 is 3.42. The second-order valence-corrected chi connectivity index (χ2v) is 6.71. The number of aromatic nitrogens is 4. The summed E-state index contributed by atoms with van der Waals surface area (Å²) in [5, 5.41) is 8.75. The average Bonchev–Trinajstić information content (AvgIpc) is 3.06. The summed E-state index contributed by atoms with van der Waals surface area (Å²) in [5.74, 6) is 0. The van der Waals surface area contributed by atoms with Crippen molar-refractivity contribution < 1.29 is 0 Å². The Kier molecular flexibility index (Phi) is 3.71. The normalized spacial score (nSPS) is 11.3. The molecule has 0 saturated carbocycles. The highest BCUT2D eigenvalue weighted by molar-refractivity contribution is 7.22. The van der Waals surface area contributed by atoms with E-state index in [4.69, 9.17) is 0 Å². The van der Waals surface area contributed by atoms with E-state index >= 15 is 0 Å². The second-order valence-electron chi connectivity index (χ2n) is 4.77. The first-order valence-corrected chi connectivity index (χ1v) is 8.27. The van der Waals surface area contributed by atoms with Gasteiger partial charge in [0, 0.05) is 18.5 Å². The molecule has 106 valence electrons. The third kappa shape index (κ3) is 2.55. The maximum Gasteiger partial charge on any atom is 0.185 e. The van der Waals surface area contributed by atoms with E-state index < -0.39 is 0 Å². The third-order valence-corrected chi connectivity index (χ3v) is 5.35. The van der Waals surface area contributed by atoms with Gasteiger partial charge in [-0.15, -0.1) is 11.3 Å². The number of thiazole rings is 2. The SMILES string of the molecule is Cc1ncsc1CCCNc1nc2c(s1)c(C)nn2C. The van der Waals surface area contributed by atoms with Crippen LogP contribution in [0.25, 0.3) is 10.3 Å². The van der Waals surface area contributed by atoms with Gasteiger partial charge < -0.3 is 5.32 Å². The monoisotopic (exact) mass is 307 g/mol. The maximum atomic E-state index is 4.58. The van der Waals surface area contributed by atoms with Crippen LogP contribution in [0, 0.1) is 13.8 Å². The van der Waals surface area contributed by atoms with Crippen molar-refractivity contribution in [2.75, 3.05) is 11.9 Å². The topological polar surface area (TPSA) is 55.6 Å². The first-order valence-electron chi connectivity index (χ1n) is 6.58. The van der Waals surface area contributed by atoms with Crippen LogP contribution in [-0.2, 0) is 13.5 Å². The number of aryl methyl sites for hydroxylation is 4. The smallest absolute Gasteiger partial charge is 0.185 e. The van der Waals surface area contributed by atoms with Gasteiger partial charge in [0.1, 0.15) is 0 Å². The van der Waals surface area contributed by atoms with Crippen LogP contribution < -0.4 is 5.32 Å². The Bertz CT molecular complexity index is 690. The highest BCUT2D eigenvalue weighted by atomic mass is 32.1. The predicted molar refractivity (Wildman–Crippen MR) is 84.8 cm³/mol. The molecular formula is C13H17N5S2. The first-order chi connectivity index (χ1) is 9.65. The summed E-state index contributed by atoms with van der Waals surface area (Å²) in [6, 6.07) is 0. The van der Waals surface area contributed by atoms with Crippen molar-refractivity contribution in [3.8, 4) is 0 Å². The Morgan fingerprint density at radius 2 is 2.15 bits per heavy atom. The average molecular weight is 307 g/mol. The number of rotatable bonds is 5. The van der Waals surface area contributed by atoms with Gasteiger partial charge in [0.25, 0.3) is 0 Å². The fraction of sp³-hybridized carbons (Fsp3) is 0.462. The predicted octanol–water partition coefficient (Wildman–Crippen LogP) is 3.15. The van der Waals surface area contributed by atoms with Crippen LogP contribution >= 0.6 is 22.7 Å². The molecule has 0 aliphatic carbocycles. The van der Waals surface area contributed by atoms with Crippen molar-refractivity contribution in [2.45, 2.75) is 26.7 Å². The molecule has 0 aromatic carbocycles. The standard InChI is InChI=1S/C13H17N5S2/c1-8-10(19-7-15-8)5-4-6-14-13-16-12-11(20-13)9(2)17-18(12)3/h7H,4-6H2,1-3H3,(H,14,16). The first kappa shape index (κ1) is 13.5. The number of nitrogens with zero attached hydrogens (tertiary/aromatic N) is 4. The van der Waals surface area contributed by atoms with Crippen molar-refractivity contribution in [3.05, 3.63) is 21.8 Å². The minimum Gasteiger partial charge on any atom is -0.361 e. The van der Waals surface area contributed by atoms with E-state index in [1.54, 1.807) is 22.7 Å². The highest BCUT2D eigenvalue weighted by Gasteiger charge is 2.11. The molecule has 7 heteroatoms. The molecule has 0 fully saturated rings. The summed E-state index contributed by atoms with van der Waals surface area (Å²) in [6.07, 6.45) is 2.17. The Hall–Kier alpha value is -1.47. The molecule has 0 bridgehead atoms. The molecule has 3 rings (SSSR count). The van der Waals surface area contributed by atoms with E-state index in [9.17, 15) is 0 Å². The van der Waals surface area contributed by atoms with Crippen LogP contribution in [0.1, 0.15) is 22.7 Å².